The summed E-state index contributed by atoms with van der Waals surface area (Å²) < 4.78 is 0. The molecule has 3 rings (SSSR count). The quantitative estimate of drug-likeness (QED) is 0.626. The van der Waals surface area contributed by atoms with Crippen LogP contribution in [0, 0.1) is 16.0 Å². The Bertz CT molecular complexity index is 551. The van der Waals surface area contributed by atoms with Crippen LogP contribution in [0.3, 0.4) is 0 Å². The van der Waals surface area contributed by atoms with Crippen molar-refractivity contribution in [2.75, 3.05) is 18.0 Å². The van der Waals surface area contributed by atoms with Crippen molar-refractivity contribution in [1.29, 1.82) is 0 Å². The third-order valence-electron chi connectivity index (χ3n) is 4.21. The molecule has 20 heavy (non-hydrogen) atoms. The first-order valence-electron chi connectivity index (χ1n) is 7.06. The van der Waals surface area contributed by atoms with E-state index in [1.165, 1.54) is 5.57 Å². The van der Waals surface area contributed by atoms with Crippen molar-refractivity contribution in [2.24, 2.45) is 5.92 Å². The number of allylic oxidation sites excluding steroid dienone is 3. The summed E-state index contributed by atoms with van der Waals surface area (Å²) in [5.41, 5.74) is 2.30. The van der Waals surface area contributed by atoms with Crippen molar-refractivity contribution >= 4 is 5.69 Å². The predicted octanol–water partition coefficient (Wildman–Crippen LogP) is 3.04. The van der Waals surface area contributed by atoms with Gasteiger partial charge in [-0.3, -0.25) is 10.1 Å². The Morgan fingerprint density at radius 3 is 2.85 bits per heavy atom. The summed E-state index contributed by atoms with van der Waals surface area (Å²) in [6.45, 7) is 0.865. The number of benzene rings is 1. The first kappa shape index (κ1) is 12.9. The van der Waals surface area contributed by atoms with Gasteiger partial charge in [0.1, 0.15) is 6.04 Å². The molecular weight excluding hydrogens is 252 g/mol. The van der Waals surface area contributed by atoms with E-state index in [1.54, 1.807) is 0 Å². The Hall–Kier alpha value is -2.10. The van der Waals surface area contributed by atoms with Gasteiger partial charge in [0.15, 0.2) is 0 Å². The molecule has 0 saturated carbocycles. The normalized spacial score (nSPS) is 25.0. The lowest BCUT2D eigenvalue weighted by Crippen LogP contribution is -2.48. The van der Waals surface area contributed by atoms with E-state index < -0.39 is 0 Å². The van der Waals surface area contributed by atoms with Crippen LogP contribution in [-0.4, -0.2) is 24.1 Å². The maximum atomic E-state index is 11.1. The molecule has 1 aromatic rings. The third kappa shape index (κ3) is 2.46. The fraction of sp³-hybridized carbons (Fsp3) is 0.375. The summed E-state index contributed by atoms with van der Waals surface area (Å²) in [4.78, 5) is 13.0. The van der Waals surface area contributed by atoms with Crippen molar-refractivity contribution in [3.8, 4) is 0 Å². The molecule has 104 valence electrons. The van der Waals surface area contributed by atoms with Crippen LogP contribution in [0.1, 0.15) is 12.8 Å². The summed E-state index contributed by atoms with van der Waals surface area (Å²) >= 11 is 0. The Kier molecular flexibility index (Phi) is 3.54. The fourth-order valence-electron chi connectivity index (χ4n) is 3.27. The number of hydrogen-bond donors (Lipinski definition) is 0. The van der Waals surface area contributed by atoms with Gasteiger partial charge in [-0.05, 0) is 36.5 Å². The minimum atomic E-state index is -0.192. The van der Waals surface area contributed by atoms with Gasteiger partial charge >= 0.3 is 0 Å². The Morgan fingerprint density at radius 2 is 2.10 bits per heavy atom. The number of hydrogen-bond acceptors (Lipinski definition) is 3. The highest BCUT2D eigenvalue weighted by Crippen LogP contribution is 2.36. The van der Waals surface area contributed by atoms with Gasteiger partial charge in [-0.2, -0.15) is 0 Å². The second-order valence-electron chi connectivity index (χ2n) is 5.38. The van der Waals surface area contributed by atoms with Crippen LogP contribution >= 0.6 is 0 Å². The third-order valence-corrected chi connectivity index (χ3v) is 4.21. The summed E-state index contributed by atoms with van der Waals surface area (Å²) in [7, 11) is 0. The van der Waals surface area contributed by atoms with E-state index >= 15 is 0 Å². The van der Waals surface area contributed by atoms with E-state index in [9.17, 15) is 10.1 Å². The number of piperidine rings is 1. The molecule has 1 aliphatic heterocycles. The molecule has 4 nitrogen and oxygen atoms in total. The molecule has 0 bridgehead atoms. The van der Waals surface area contributed by atoms with E-state index in [2.05, 4.69) is 17.1 Å². The van der Waals surface area contributed by atoms with Crippen molar-refractivity contribution in [1.82, 2.24) is 0 Å². The molecule has 0 N–H and O–H groups in total. The number of nitro groups is 1. The molecule has 2 unspecified atom stereocenters. The Balaban J connectivity index is 1.94. The van der Waals surface area contributed by atoms with Crippen LogP contribution in [0.5, 0.6) is 0 Å². The van der Waals surface area contributed by atoms with E-state index in [0.29, 0.717) is 5.92 Å². The molecule has 0 radical (unpaired) electrons. The maximum Gasteiger partial charge on any atom is 0.227 e. The van der Waals surface area contributed by atoms with Crippen LogP contribution in [0.4, 0.5) is 5.69 Å². The average Bonchev–Trinajstić information content (AvgIpc) is 2.48. The lowest BCUT2D eigenvalue weighted by Gasteiger charge is -2.42. The molecule has 1 aromatic carbocycles. The largest absolute Gasteiger partial charge is 0.358 e. The molecular formula is C16H18N2O2. The van der Waals surface area contributed by atoms with Gasteiger partial charge in [0.2, 0.25) is 6.54 Å². The van der Waals surface area contributed by atoms with Crippen LogP contribution in [0.25, 0.3) is 0 Å². The zero-order valence-electron chi connectivity index (χ0n) is 11.3. The van der Waals surface area contributed by atoms with Crippen LogP contribution in [0.15, 0.2) is 54.1 Å². The van der Waals surface area contributed by atoms with E-state index in [1.807, 2.05) is 36.4 Å². The van der Waals surface area contributed by atoms with Crippen molar-refractivity contribution < 1.29 is 4.92 Å². The first-order chi connectivity index (χ1) is 9.75. The van der Waals surface area contributed by atoms with Crippen molar-refractivity contribution in [3.63, 3.8) is 0 Å². The van der Waals surface area contributed by atoms with Crippen molar-refractivity contribution in [2.45, 2.75) is 18.9 Å². The smallest absolute Gasteiger partial charge is 0.227 e. The van der Waals surface area contributed by atoms with Crippen molar-refractivity contribution in [3.05, 3.63) is 64.2 Å². The van der Waals surface area contributed by atoms with Gasteiger partial charge in [-0.1, -0.05) is 36.4 Å². The second-order valence-corrected chi connectivity index (χ2v) is 5.38. The van der Waals surface area contributed by atoms with Gasteiger partial charge in [0.25, 0.3) is 0 Å². The number of anilines is 1. The number of fused-ring (bicyclic) bond motifs is 1. The number of para-hydroxylation sites is 1. The number of nitrogens with zero attached hydrogens (tertiary/aromatic N) is 2. The molecule has 2 aliphatic rings. The SMILES string of the molecule is O=[N+]([O-])CC1C2=CC=CCC2CCN1c1ccccc1. The molecule has 1 aliphatic carbocycles. The van der Waals surface area contributed by atoms with E-state index in [4.69, 9.17) is 0 Å². The highest BCUT2D eigenvalue weighted by atomic mass is 16.6. The second kappa shape index (κ2) is 5.49. The predicted molar refractivity (Wildman–Crippen MR) is 79.4 cm³/mol. The van der Waals surface area contributed by atoms with E-state index in [-0.39, 0.29) is 17.5 Å². The van der Waals surface area contributed by atoms with Gasteiger partial charge < -0.3 is 4.90 Å². The Morgan fingerprint density at radius 1 is 1.30 bits per heavy atom. The molecule has 1 heterocycles. The monoisotopic (exact) mass is 270 g/mol. The molecule has 0 aromatic heterocycles. The molecule has 0 spiro atoms. The van der Waals surface area contributed by atoms with Gasteiger partial charge in [0.05, 0.1) is 0 Å². The molecule has 2 atom stereocenters. The van der Waals surface area contributed by atoms with Gasteiger partial charge in [0, 0.05) is 17.2 Å². The summed E-state index contributed by atoms with van der Waals surface area (Å²) in [6.07, 6.45) is 8.36. The van der Waals surface area contributed by atoms with E-state index in [0.717, 1.165) is 25.1 Å². The van der Waals surface area contributed by atoms with Gasteiger partial charge in [-0.15, -0.1) is 0 Å². The summed E-state index contributed by atoms with van der Waals surface area (Å²) in [5.74, 6) is 0.477. The minimum absolute atomic E-state index is 0.0228. The minimum Gasteiger partial charge on any atom is -0.358 e. The zero-order chi connectivity index (χ0) is 13.9. The lowest BCUT2D eigenvalue weighted by molar-refractivity contribution is -0.481. The zero-order valence-corrected chi connectivity index (χ0v) is 11.3. The summed E-state index contributed by atoms with van der Waals surface area (Å²) in [5, 5.41) is 11.1. The van der Waals surface area contributed by atoms with Gasteiger partial charge in [-0.25, -0.2) is 0 Å². The molecule has 0 amide bonds. The lowest BCUT2D eigenvalue weighted by atomic mass is 9.80. The molecule has 1 saturated heterocycles. The average molecular weight is 270 g/mol. The molecule has 4 heteroatoms. The standard InChI is InChI=1S/C16H18N2O2/c19-18(20)12-16-15-9-5-4-6-13(15)10-11-17(16)14-7-2-1-3-8-14/h1-5,7-9,13,16H,6,10-12H2. The first-order valence-corrected chi connectivity index (χ1v) is 7.06. The molecule has 1 fully saturated rings. The highest BCUT2D eigenvalue weighted by molar-refractivity contribution is 5.51. The fourth-order valence-corrected chi connectivity index (χ4v) is 3.27. The van der Waals surface area contributed by atoms with Crippen LogP contribution in [-0.2, 0) is 0 Å². The highest BCUT2D eigenvalue weighted by Gasteiger charge is 2.36. The maximum absolute atomic E-state index is 11.1. The number of rotatable bonds is 3. The Labute approximate surface area is 118 Å². The summed E-state index contributed by atoms with van der Waals surface area (Å²) in [6, 6.07) is 9.90. The van der Waals surface area contributed by atoms with Crippen LogP contribution < -0.4 is 4.90 Å². The van der Waals surface area contributed by atoms with Crippen LogP contribution in [0.2, 0.25) is 0 Å². The topological polar surface area (TPSA) is 46.4 Å².